The second-order valence-corrected chi connectivity index (χ2v) is 26.1. The monoisotopic (exact) mass is 1180 g/mol. The third-order valence-corrected chi connectivity index (χ3v) is 21.7. The van der Waals surface area contributed by atoms with E-state index in [1.807, 2.05) is 28.9 Å². The van der Waals surface area contributed by atoms with E-state index in [1.165, 1.54) is 156 Å². The molecule has 0 fully saturated rings. The molecule has 5 nitrogen and oxygen atoms in total. The minimum atomic E-state index is 0.951. The zero-order valence-corrected chi connectivity index (χ0v) is 50.2. The normalized spacial score (nSPS) is 12.8. The molecule has 420 valence electrons. The third kappa shape index (κ3) is 7.15. The molecule has 7 aromatic heterocycles. The van der Waals surface area contributed by atoms with Gasteiger partial charge < -0.3 is 13.7 Å². The first-order chi connectivity index (χ1) is 44.7. The molecule has 0 radical (unpaired) electrons. The van der Waals surface area contributed by atoms with Crippen LogP contribution in [0.1, 0.15) is 17.7 Å². The highest BCUT2D eigenvalue weighted by molar-refractivity contribution is 7.26. The van der Waals surface area contributed by atoms with Gasteiger partial charge in [-0.15, -0.1) is 22.7 Å². The molecule has 1 aliphatic carbocycles. The topological polar surface area (TPSA) is 32.6 Å². The first-order valence-corrected chi connectivity index (χ1v) is 32.6. The summed E-state index contributed by atoms with van der Waals surface area (Å²) in [4.78, 5) is 5.13. The molecule has 0 amide bonds. The van der Waals surface area contributed by atoms with Crippen molar-refractivity contribution in [2.24, 2.45) is 0 Å². The highest BCUT2D eigenvalue weighted by Crippen LogP contribution is 2.48. The lowest BCUT2D eigenvalue weighted by molar-refractivity contribution is 0.889. The molecule has 0 aliphatic heterocycles. The average Bonchev–Trinajstić information content (AvgIpc) is 1.67. The first-order valence-electron chi connectivity index (χ1n) is 31.0. The van der Waals surface area contributed by atoms with Crippen molar-refractivity contribution in [3.63, 3.8) is 0 Å². The highest BCUT2D eigenvalue weighted by Gasteiger charge is 2.26. The van der Waals surface area contributed by atoms with Gasteiger partial charge in [-0.1, -0.05) is 176 Å². The lowest BCUT2D eigenvalue weighted by Crippen LogP contribution is -2.03. The molecule has 1 aliphatic rings. The predicted octanol–water partition coefficient (Wildman–Crippen LogP) is 23.0. The van der Waals surface area contributed by atoms with Crippen LogP contribution in [-0.4, -0.2) is 23.3 Å². The summed E-state index contributed by atoms with van der Waals surface area (Å²) in [6, 6.07) is 99.3. The molecule has 19 aromatic rings. The van der Waals surface area contributed by atoms with Crippen LogP contribution in [-0.2, 0) is 6.42 Å². The fourth-order valence-corrected chi connectivity index (χ4v) is 17.9. The van der Waals surface area contributed by atoms with Crippen molar-refractivity contribution in [3.05, 3.63) is 290 Å². The number of rotatable bonds is 7. The number of allylic oxidation sites excluding steroid dienone is 1. The van der Waals surface area contributed by atoms with E-state index in [4.69, 9.17) is 4.98 Å². The number of benzene rings is 12. The Bertz CT molecular complexity index is 6260. The molecule has 0 saturated carbocycles. The van der Waals surface area contributed by atoms with E-state index in [1.54, 1.807) is 0 Å². The van der Waals surface area contributed by atoms with Crippen LogP contribution in [0.5, 0.6) is 0 Å². The van der Waals surface area contributed by atoms with E-state index in [-0.39, 0.29) is 0 Å². The SMILES string of the molecule is C1=Cc2c(n(-c3ccc4c(c3)c3ccccc3n4-c3cccc(-c4cccc(-c5cccc6c5sc5ccccc56)c4)c3)c3cccc(-c4cccc5c4c4ccccc4n5-c4ccc5sc6c(-n7c8ccccc8c8ccccc87)nccc6c5c4)c23)CC1. The third-order valence-electron chi connectivity index (χ3n) is 19.3. The van der Waals surface area contributed by atoms with Gasteiger partial charge in [-0.2, -0.15) is 0 Å². The van der Waals surface area contributed by atoms with Gasteiger partial charge >= 0.3 is 0 Å². The summed E-state index contributed by atoms with van der Waals surface area (Å²) >= 11 is 3.71. The van der Waals surface area contributed by atoms with Crippen molar-refractivity contribution in [3.8, 4) is 56.3 Å². The van der Waals surface area contributed by atoms with Gasteiger partial charge in [0, 0.05) is 108 Å². The molecule has 0 atom stereocenters. The predicted molar refractivity (Wildman–Crippen MR) is 384 cm³/mol. The Balaban J connectivity index is 0.710. The van der Waals surface area contributed by atoms with Gasteiger partial charge in [0.15, 0.2) is 5.82 Å². The zero-order chi connectivity index (χ0) is 58.7. The molecular formula is C83H51N5S2. The second-order valence-electron chi connectivity index (χ2n) is 24.0. The van der Waals surface area contributed by atoms with Crippen molar-refractivity contribution >= 4 is 145 Å². The maximum Gasteiger partial charge on any atom is 0.155 e. The van der Waals surface area contributed by atoms with Crippen LogP contribution >= 0.6 is 22.7 Å². The van der Waals surface area contributed by atoms with E-state index in [9.17, 15) is 0 Å². The second kappa shape index (κ2) is 19.2. The molecular weight excluding hydrogens is 1130 g/mol. The van der Waals surface area contributed by atoms with Gasteiger partial charge in [0.25, 0.3) is 0 Å². The van der Waals surface area contributed by atoms with E-state index >= 15 is 0 Å². The largest absolute Gasteiger partial charge is 0.313 e. The molecule has 0 saturated heterocycles. The van der Waals surface area contributed by atoms with E-state index < -0.39 is 0 Å². The number of hydrogen-bond acceptors (Lipinski definition) is 3. The van der Waals surface area contributed by atoms with Crippen LogP contribution in [0.15, 0.2) is 279 Å². The van der Waals surface area contributed by atoms with Gasteiger partial charge in [0.1, 0.15) is 0 Å². The maximum atomic E-state index is 5.13. The van der Waals surface area contributed by atoms with Gasteiger partial charge in [-0.25, -0.2) is 4.98 Å². The highest BCUT2D eigenvalue weighted by atomic mass is 32.1. The molecule has 90 heavy (non-hydrogen) atoms. The van der Waals surface area contributed by atoms with Crippen molar-refractivity contribution < 1.29 is 0 Å². The molecule has 7 heterocycles. The Labute approximate surface area is 524 Å². The van der Waals surface area contributed by atoms with Crippen molar-refractivity contribution in [2.75, 3.05) is 0 Å². The summed E-state index contributed by atoms with van der Waals surface area (Å²) in [5.41, 5.74) is 21.8. The van der Waals surface area contributed by atoms with Crippen LogP contribution in [0.3, 0.4) is 0 Å². The molecule has 7 heteroatoms. The number of aromatic nitrogens is 5. The Morgan fingerprint density at radius 3 is 1.62 bits per heavy atom. The summed E-state index contributed by atoms with van der Waals surface area (Å²) in [6.45, 7) is 0. The standard InChI is InChI=1S/C83H51N5S2/c1-8-33-70-57(22-1)58-23-2-9-34-71(58)88(70)83-82-64(44-45-84-83)68-49-55(41-43-78(68)90-82)87-73-36-11-5-27-66(73)80-62(30-17-38-76(80)87)61-29-16-37-75-79(61)65-26-4-10-35-72(65)86(75)54-40-42-74-67(48-54)59-24-3-7-32-69(59)85(74)53-21-14-19-51(47-53)50-18-13-20-52(46-50)56-28-15-31-63-60-25-6-12-39-77(60)89-81(56)63/h1-9,11-34,36-49H,10,35H2. The fourth-order valence-electron chi connectivity index (χ4n) is 15.5. The van der Waals surface area contributed by atoms with Gasteiger partial charge in [-0.3, -0.25) is 4.57 Å². The number of para-hydroxylation sites is 4. The Morgan fingerprint density at radius 2 is 0.822 bits per heavy atom. The maximum absolute atomic E-state index is 5.13. The lowest BCUT2D eigenvalue weighted by atomic mass is 9.93. The van der Waals surface area contributed by atoms with Crippen molar-refractivity contribution in [1.82, 2.24) is 23.3 Å². The number of pyridine rings is 1. The molecule has 0 spiro atoms. The molecule has 0 unspecified atom stereocenters. The first kappa shape index (κ1) is 50.0. The van der Waals surface area contributed by atoms with Gasteiger partial charge in [-0.05, 0) is 149 Å². The average molecular weight is 1180 g/mol. The number of thiophene rings is 2. The quantitative estimate of drug-likeness (QED) is 0.157. The van der Waals surface area contributed by atoms with Crippen LogP contribution in [0.2, 0.25) is 0 Å². The number of nitrogens with zero attached hydrogens (tertiary/aromatic N) is 5. The van der Waals surface area contributed by atoms with Crippen molar-refractivity contribution in [2.45, 2.75) is 12.8 Å². The minimum Gasteiger partial charge on any atom is -0.313 e. The summed E-state index contributed by atoms with van der Waals surface area (Å²) in [5, 5.41) is 13.8. The van der Waals surface area contributed by atoms with E-state index in [0.717, 1.165) is 41.1 Å². The summed E-state index contributed by atoms with van der Waals surface area (Å²) < 4.78 is 15.0. The van der Waals surface area contributed by atoms with Crippen LogP contribution in [0, 0.1) is 0 Å². The Kier molecular flexibility index (Phi) is 10.7. The van der Waals surface area contributed by atoms with Gasteiger partial charge in [0.05, 0.1) is 43.3 Å². The lowest BCUT2D eigenvalue weighted by Gasteiger charge is -2.14. The molecule has 20 rings (SSSR count). The van der Waals surface area contributed by atoms with Crippen LogP contribution < -0.4 is 0 Å². The summed E-state index contributed by atoms with van der Waals surface area (Å²) in [5.74, 6) is 0.968. The van der Waals surface area contributed by atoms with Crippen molar-refractivity contribution in [1.29, 1.82) is 0 Å². The molecule has 0 N–H and O–H groups in total. The molecule has 12 aromatic carbocycles. The minimum absolute atomic E-state index is 0.951. The van der Waals surface area contributed by atoms with Crippen LogP contribution in [0.4, 0.5) is 0 Å². The fraction of sp³-hybridized carbons (Fsp3) is 0.0241. The summed E-state index contributed by atoms with van der Waals surface area (Å²) in [7, 11) is 0. The smallest absolute Gasteiger partial charge is 0.155 e. The Morgan fingerprint density at radius 1 is 0.311 bits per heavy atom. The zero-order valence-electron chi connectivity index (χ0n) is 48.6. The number of hydrogen-bond donors (Lipinski definition) is 0. The van der Waals surface area contributed by atoms with E-state index in [2.05, 4.69) is 297 Å². The summed E-state index contributed by atoms with van der Waals surface area (Å²) in [6.07, 6.45) is 8.69. The van der Waals surface area contributed by atoms with E-state index in [0.29, 0.717) is 0 Å². The number of fused-ring (bicyclic) bond motifs is 18. The van der Waals surface area contributed by atoms with Gasteiger partial charge in [0.2, 0.25) is 0 Å². The van der Waals surface area contributed by atoms with Crippen LogP contribution in [0.25, 0.3) is 179 Å². The molecule has 0 bridgehead atoms. The Hall–Kier alpha value is -11.1.